The Labute approximate surface area is 118 Å². The minimum absolute atomic E-state index is 0.126. The SMILES string of the molecule is CCN(CCn1cccn1)C(=O)c1cc(C(C)C)no1. The molecule has 2 heterocycles. The van der Waals surface area contributed by atoms with Crippen molar-refractivity contribution < 1.29 is 9.32 Å². The summed E-state index contributed by atoms with van der Waals surface area (Å²) in [6.07, 6.45) is 3.60. The van der Waals surface area contributed by atoms with Gasteiger partial charge in [-0.15, -0.1) is 0 Å². The molecular weight excluding hydrogens is 256 g/mol. The fraction of sp³-hybridized carbons (Fsp3) is 0.500. The topological polar surface area (TPSA) is 64.2 Å². The number of hydrogen-bond acceptors (Lipinski definition) is 4. The first-order valence-corrected chi connectivity index (χ1v) is 6.85. The van der Waals surface area contributed by atoms with Crippen LogP contribution in [0.3, 0.4) is 0 Å². The highest BCUT2D eigenvalue weighted by atomic mass is 16.5. The Morgan fingerprint density at radius 2 is 2.30 bits per heavy atom. The van der Waals surface area contributed by atoms with Crippen molar-refractivity contribution in [3.8, 4) is 0 Å². The molecule has 0 saturated heterocycles. The van der Waals surface area contributed by atoms with Gasteiger partial charge in [-0.1, -0.05) is 19.0 Å². The van der Waals surface area contributed by atoms with Gasteiger partial charge in [0.05, 0.1) is 12.2 Å². The largest absolute Gasteiger partial charge is 0.351 e. The van der Waals surface area contributed by atoms with E-state index in [0.717, 1.165) is 5.69 Å². The maximum atomic E-state index is 12.3. The van der Waals surface area contributed by atoms with Gasteiger partial charge in [0, 0.05) is 31.5 Å². The van der Waals surface area contributed by atoms with Gasteiger partial charge in [0.25, 0.3) is 5.91 Å². The minimum atomic E-state index is -0.126. The molecule has 0 radical (unpaired) electrons. The molecule has 6 nitrogen and oxygen atoms in total. The highest BCUT2D eigenvalue weighted by Gasteiger charge is 2.20. The molecule has 20 heavy (non-hydrogen) atoms. The van der Waals surface area contributed by atoms with Crippen molar-refractivity contribution in [3.05, 3.63) is 36.0 Å². The summed E-state index contributed by atoms with van der Waals surface area (Å²) in [5.41, 5.74) is 0.802. The lowest BCUT2D eigenvalue weighted by molar-refractivity contribution is 0.0715. The van der Waals surface area contributed by atoms with Gasteiger partial charge < -0.3 is 9.42 Å². The van der Waals surface area contributed by atoms with Gasteiger partial charge in [0.2, 0.25) is 5.76 Å². The molecule has 2 aromatic heterocycles. The number of rotatable bonds is 6. The van der Waals surface area contributed by atoms with Crippen molar-refractivity contribution in [2.75, 3.05) is 13.1 Å². The summed E-state index contributed by atoms with van der Waals surface area (Å²) in [5.74, 6) is 0.425. The standard InChI is InChI=1S/C14H20N4O2/c1-4-17(8-9-18-7-5-6-15-18)14(19)13-10-12(11(2)3)16-20-13/h5-7,10-11H,4,8-9H2,1-3H3. The monoisotopic (exact) mass is 276 g/mol. The zero-order valence-corrected chi connectivity index (χ0v) is 12.1. The van der Waals surface area contributed by atoms with E-state index in [-0.39, 0.29) is 11.8 Å². The van der Waals surface area contributed by atoms with Gasteiger partial charge in [-0.3, -0.25) is 9.48 Å². The van der Waals surface area contributed by atoms with E-state index in [1.165, 1.54) is 0 Å². The van der Waals surface area contributed by atoms with Crippen LogP contribution in [0.5, 0.6) is 0 Å². The predicted octanol–water partition coefficient (Wildman–Crippen LogP) is 2.16. The molecule has 0 saturated carbocycles. The number of carbonyl (C=O) groups excluding carboxylic acids is 1. The molecule has 0 unspecified atom stereocenters. The molecule has 2 aromatic rings. The third kappa shape index (κ3) is 3.26. The molecule has 0 fully saturated rings. The van der Waals surface area contributed by atoms with E-state index in [0.29, 0.717) is 25.4 Å². The Balaban J connectivity index is 2.00. The van der Waals surface area contributed by atoms with Gasteiger partial charge in [-0.05, 0) is 18.9 Å². The van der Waals surface area contributed by atoms with E-state index in [2.05, 4.69) is 10.3 Å². The minimum Gasteiger partial charge on any atom is -0.351 e. The van der Waals surface area contributed by atoms with E-state index in [4.69, 9.17) is 4.52 Å². The lowest BCUT2D eigenvalue weighted by atomic mass is 10.1. The number of likely N-dealkylation sites (N-methyl/N-ethyl adjacent to an activating group) is 1. The lowest BCUT2D eigenvalue weighted by Crippen LogP contribution is -2.33. The second kappa shape index (κ2) is 6.36. The third-order valence-corrected chi connectivity index (χ3v) is 3.16. The van der Waals surface area contributed by atoms with Crippen LogP contribution in [0.1, 0.15) is 42.9 Å². The fourth-order valence-electron chi connectivity index (χ4n) is 1.88. The number of aromatic nitrogens is 3. The Hall–Kier alpha value is -2.11. The number of amides is 1. The lowest BCUT2D eigenvalue weighted by Gasteiger charge is -2.19. The van der Waals surface area contributed by atoms with Crippen LogP contribution >= 0.6 is 0 Å². The normalized spacial score (nSPS) is 11.0. The molecule has 2 rings (SSSR count). The van der Waals surface area contributed by atoms with Crippen molar-refractivity contribution >= 4 is 5.91 Å². The molecule has 0 bridgehead atoms. The van der Waals surface area contributed by atoms with Crippen LogP contribution in [-0.4, -0.2) is 38.8 Å². The Kier molecular flexibility index (Phi) is 4.55. The number of nitrogens with zero attached hydrogens (tertiary/aromatic N) is 4. The zero-order valence-electron chi connectivity index (χ0n) is 12.1. The van der Waals surface area contributed by atoms with Crippen molar-refractivity contribution in [2.24, 2.45) is 0 Å². The van der Waals surface area contributed by atoms with Crippen LogP contribution in [0.2, 0.25) is 0 Å². The second-order valence-electron chi connectivity index (χ2n) is 4.92. The van der Waals surface area contributed by atoms with Crippen molar-refractivity contribution in [1.82, 2.24) is 19.8 Å². The number of hydrogen-bond donors (Lipinski definition) is 0. The maximum Gasteiger partial charge on any atom is 0.292 e. The molecule has 108 valence electrons. The molecule has 0 aliphatic heterocycles. The maximum absolute atomic E-state index is 12.3. The molecule has 0 spiro atoms. The van der Waals surface area contributed by atoms with E-state index in [9.17, 15) is 4.79 Å². The third-order valence-electron chi connectivity index (χ3n) is 3.16. The summed E-state index contributed by atoms with van der Waals surface area (Å²) >= 11 is 0. The molecule has 6 heteroatoms. The van der Waals surface area contributed by atoms with E-state index in [1.54, 1.807) is 21.8 Å². The average molecular weight is 276 g/mol. The van der Waals surface area contributed by atoms with Gasteiger partial charge in [-0.2, -0.15) is 5.10 Å². The second-order valence-corrected chi connectivity index (χ2v) is 4.92. The first kappa shape index (κ1) is 14.3. The highest BCUT2D eigenvalue weighted by molar-refractivity contribution is 5.91. The van der Waals surface area contributed by atoms with E-state index < -0.39 is 0 Å². The smallest absolute Gasteiger partial charge is 0.292 e. The van der Waals surface area contributed by atoms with Crippen molar-refractivity contribution in [3.63, 3.8) is 0 Å². The molecular formula is C14H20N4O2. The average Bonchev–Trinajstić information content (AvgIpc) is 3.10. The van der Waals surface area contributed by atoms with Crippen LogP contribution in [0, 0.1) is 0 Å². The van der Waals surface area contributed by atoms with Crippen LogP contribution in [0.4, 0.5) is 0 Å². The van der Waals surface area contributed by atoms with Crippen LogP contribution < -0.4 is 0 Å². The summed E-state index contributed by atoms with van der Waals surface area (Å²) in [6, 6.07) is 3.59. The van der Waals surface area contributed by atoms with E-state index >= 15 is 0 Å². The molecule has 0 aromatic carbocycles. The fourth-order valence-corrected chi connectivity index (χ4v) is 1.88. The highest BCUT2D eigenvalue weighted by Crippen LogP contribution is 2.15. The Bertz CT molecular complexity index is 545. The zero-order chi connectivity index (χ0) is 14.5. The van der Waals surface area contributed by atoms with Gasteiger partial charge in [-0.25, -0.2) is 0 Å². The van der Waals surface area contributed by atoms with Crippen LogP contribution in [0.15, 0.2) is 29.0 Å². The number of carbonyl (C=O) groups is 1. The summed E-state index contributed by atoms with van der Waals surface area (Å²) in [4.78, 5) is 14.1. The van der Waals surface area contributed by atoms with E-state index in [1.807, 2.05) is 33.0 Å². The molecule has 0 atom stereocenters. The van der Waals surface area contributed by atoms with Crippen LogP contribution in [0.25, 0.3) is 0 Å². The Morgan fingerprint density at radius 1 is 1.50 bits per heavy atom. The molecule has 0 aliphatic rings. The first-order valence-electron chi connectivity index (χ1n) is 6.85. The predicted molar refractivity (Wildman–Crippen MR) is 74.4 cm³/mol. The summed E-state index contributed by atoms with van der Waals surface area (Å²) < 4.78 is 6.95. The quantitative estimate of drug-likeness (QED) is 0.811. The molecule has 0 N–H and O–H groups in total. The molecule has 1 amide bonds. The van der Waals surface area contributed by atoms with Gasteiger partial charge >= 0.3 is 0 Å². The van der Waals surface area contributed by atoms with Gasteiger partial charge in [0.1, 0.15) is 0 Å². The van der Waals surface area contributed by atoms with Crippen molar-refractivity contribution in [2.45, 2.75) is 33.2 Å². The first-order chi connectivity index (χ1) is 9.61. The summed E-state index contributed by atoms with van der Waals surface area (Å²) in [6.45, 7) is 7.85. The Morgan fingerprint density at radius 3 is 2.85 bits per heavy atom. The summed E-state index contributed by atoms with van der Waals surface area (Å²) in [5, 5.41) is 8.05. The molecule has 0 aliphatic carbocycles. The van der Waals surface area contributed by atoms with Crippen molar-refractivity contribution in [1.29, 1.82) is 0 Å². The van der Waals surface area contributed by atoms with Crippen LogP contribution in [-0.2, 0) is 6.54 Å². The van der Waals surface area contributed by atoms with Gasteiger partial charge in [0.15, 0.2) is 0 Å². The summed E-state index contributed by atoms with van der Waals surface area (Å²) in [7, 11) is 0.